The van der Waals surface area contributed by atoms with Crippen molar-refractivity contribution in [2.45, 2.75) is 27.7 Å². The second-order valence-corrected chi connectivity index (χ2v) is 4.44. The molecule has 14 heavy (non-hydrogen) atoms. The van der Waals surface area contributed by atoms with Gasteiger partial charge in [0.1, 0.15) is 11.4 Å². The summed E-state index contributed by atoms with van der Waals surface area (Å²) < 4.78 is 4.75. The lowest BCUT2D eigenvalue weighted by Gasteiger charge is -2.14. The first kappa shape index (κ1) is 9.19. The van der Waals surface area contributed by atoms with Gasteiger partial charge in [-0.25, -0.2) is 4.63 Å². The van der Waals surface area contributed by atoms with Gasteiger partial charge in [-0.1, -0.05) is 26.0 Å². The second kappa shape index (κ2) is 2.80. The van der Waals surface area contributed by atoms with Gasteiger partial charge in [0, 0.05) is 5.41 Å². The zero-order valence-corrected chi connectivity index (χ0v) is 8.96. The molecule has 1 aliphatic rings. The average Bonchev–Trinajstić information content (AvgIpc) is 2.45. The summed E-state index contributed by atoms with van der Waals surface area (Å²) in [4.78, 5) is 0. The Morgan fingerprint density at radius 2 is 1.43 bits per heavy atom. The SMILES string of the molecule is CC1=CC(C)(C)C=C(C)c2nonc21. The normalized spacial score (nSPS) is 19.4. The highest BCUT2D eigenvalue weighted by atomic mass is 16.6. The summed E-state index contributed by atoms with van der Waals surface area (Å²) in [6.45, 7) is 8.42. The van der Waals surface area contributed by atoms with Gasteiger partial charge in [0.15, 0.2) is 0 Å². The van der Waals surface area contributed by atoms with Gasteiger partial charge in [0.25, 0.3) is 0 Å². The second-order valence-electron chi connectivity index (χ2n) is 4.44. The topological polar surface area (TPSA) is 38.9 Å². The number of aromatic nitrogens is 2. The first-order valence-corrected chi connectivity index (χ1v) is 4.72. The monoisotopic (exact) mass is 190 g/mol. The average molecular weight is 190 g/mol. The van der Waals surface area contributed by atoms with Crippen LogP contribution >= 0.6 is 0 Å². The van der Waals surface area contributed by atoms with Crippen LogP contribution in [0.15, 0.2) is 16.8 Å². The van der Waals surface area contributed by atoms with Crippen LogP contribution in [0.25, 0.3) is 11.1 Å². The van der Waals surface area contributed by atoms with E-state index >= 15 is 0 Å². The van der Waals surface area contributed by atoms with Crippen molar-refractivity contribution < 1.29 is 4.63 Å². The summed E-state index contributed by atoms with van der Waals surface area (Å²) >= 11 is 0. The molecule has 74 valence electrons. The summed E-state index contributed by atoms with van der Waals surface area (Å²) in [6, 6.07) is 0. The molecule has 3 heteroatoms. The molecular weight excluding hydrogens is 176 g/mol. The molecule has 0 aliphatic heterocycles. The fourth-order valence-corrected chi connectivity index (χ4v) is 2.00. The molecule has 1 aromatic rings. The minimum atomic E-state index is 0.0591. The van der Waals surface area contributed by atoms with E-state index < -0.39 is 0 Å². The van der Waals surface area contributed by atoms with E-state index in [-0.39, 0.29) is 5.41 Å². The van der Waals surface area contributed by atoms with E-state index in [4.69, 9.17) is 4.63 Å². The zero-order valence-electron chi connectivity index (χ0n) is 8.96. The summed E-state index contributed by atoms with van der Waals surface area (Å²) in [7, 11) is 0. The largest absolute Gasteiger partial charge is 0.243 e. The van der Waals surface area contributed by atoms with Crippen molar-refractivity contribution in [3.8, 4) is 0 Å². The molecule has 0 fully saturated rings. The van der Waals surface area contributed by atoms with Crippen molar-refractivity contribution >= 4 is 11.1 Å². The molecule has 0 amide bonds. The van der Waals surface area contributed by atoms with Gasteiger partial charge in [-0.3, -0.25) is 0 Å². The van der Waals surface area contributed by atoms with E-state index in [1.54, 1.807) is 0 Å². The van der Waals surface area contributed by atoms with E-state index in [1.165, 1.54) is 0 Å². The predicted molar refractivity (Wildman–Crippen MR) is 55.4 cm³/mol. The smallest absolute Gasteiger partial charge is 0.138 e. The molecule has 0 saturated carbocycles. The lowest BCUT2D eigenvalue weighted by molar-refractivity contribution is 0.305. The Bertz CT molecular complexity index is 388. The van der Waals surface area contributed by atoms with Gasteiger partial charge in [-0.15, -0.1) is 0 Å². The number of hydrogen-bond donors (Lipinski definition) is 0. The molecular formula is C11H14N2O. The van der Waals surface area contributed by atoms with Gasteiger partial charge in [0.2, 0.25) is 0 Å². The molecule has 0 N–H and O–H groups in total. The van der Waals surface area contributed by atoms with Crippen LogP contribution in [0, 0.1) is 5.41 Å². The van der Waals surface area contributed by atoms with Crippen molar-refractivity contribution in [3.63, 3.8) is 0 Å². The third-order valence-electron chi connectivity index (χ3n) is 2.41. The van der Waals surface area contributed by atoms with Crippen LogP contribution in [-0.4, -0.2) is 10.3 Å². The molecule has 1 aromatic heterocycles. The lowest BCUT2D eigenvalue weighted by atomic mass is 9.90. The maximum atomic E-state index is 4.75. The third-order valence-corrected chi connectivity index (χ3v) is 2.41. The van der Waals surface area contributed by atoms with Crippen LogP contribution in [0.5, 0.6) is 0 Å². The van der Waals surface area contributed by atoms with E-state index in [0.29, 0.717) is 0 Å². The fourth-order valence-electron chi connectivity index (χ4n) is 2.00. The Morgan fingerprint density at radius 1 is 1.00 bits per heavy atom. The quantitative estimate of drug-likeness (QED) is 0.631. The first-order chi connectivity index (χ1) is 6.49. The standard InChI is InChI=1S/C11H14N2O/c1-7-5-11(3,4)6-8(2)10-9(7)12-14-13-10/h5-6H,1-4H3. The van der Waals surface area contributed by atoms with Gasteiger partial charge in [0.05, 0.1) is 0 Å². The minimum Gasteiger partial charge on any atom is -0.243 e. The summed E-state index contributed by atoms with van der Waals surface area (Å²) in [5, 5.41) is 7.84. The molecule has 3 nitrogen and oxygen atoms in total. The number of fused-ring (bicyclic) bond motifs is 1. The lowest BCUT2D eigenvalue weighted by Crippen LogP contribution is -2.02. The maximum absolute atomic E-state index is 4.75. The highest BCUT2D eigenvalue weighted by Gasteiger charge is 2.22. The highest BCUT2D eigenvalue weighted by molar-refractivity contribution is 5.76. The maximum Gasteiger partial charge on any atom is 0.138 e. The molecule has 0 bridgehead atoms. The Balaban J connectivity index is 2.66. The van der Waals surface area contributed by atoms with Gasteiger partial charge < -0.3 is 0 Å². The van der Waals surface area contributed by atoms with Crippen LogP contribution in [0.3, 0.4) is 0 Å². The van der Waals surface area contributed by atoms with Crippen molar-refractivity contribution in [1.29, 1.82) is 0 Å². The van der Waals surface area contributed by atoms with Crippen molar-refractivity contribution in [2.24, 2.45) is 5.41 Å². The number of hydrogen-bond acceptors (Lipinski definition) is 3. The highest BCUT2D eigenvalue weighted by Crippen LogP contribution is 2.34. The fraction of sp³-hybridized carbons (Fsp3) is 0.455. The van der Waals surface area contributed by atoms with E-state index in [9.17, 15) is 0 Å². The number of allylic oxidation sites excluding steroid dienone is 4. The van der Waals surface area contributed by atoms with Gasteiger partial charge >= 0.3 is 0 Å². The van der Waals surface area contributed by atoms with Crippen molar-refractivity contribution in [1.82, 2.24) is 10.3 Å². The Hall–Kier alpha value is -1.38. The Morgan fingerprint density at radius 3 is 1.86 bits per heavy atom. The molecule has 1 aliphatic carbocycles. The molecule has 0 unspecified atom stereocenters. The van der Waals surface area contributed by atoms with Crippen LogP contribution in [-0.2, 0) is 0 Å². The molecule has 0 radical (unpaired) electrons. The minimum absolute atomic E-state index is 0.0591. The Labute approximate surface area is 83.5 Å². The third kappa shape index (κ3) is 1.39. The number of nitrogens with zero attached hydrogens (tertiary/aromatic N) is 2. The van der Waals surface area contributed by atoms with Crippen molar-refractivity contribution in [2.75, 3.05) is 0 Å². The molecule has 0 spiro atoms. The molecule has 0 saturated heterocycles. The van der Waals surface area contributed by atoms with Gasteiger partial charge in [-0.2, -0.15) is 0 Å². The van der Waals surface area contributed by atoms with Crippen LogP contribution in [0.4, 0.5) is 0 Å². The summed E-state index contributed by atoms with van der Waals surface area (Å²) in [5.41, 5.74) is 4.04. The van der Waals surface area contributed by atoms with E-state index in [0.717, 1.165) is 22.5 Å². The first-order valence-electron chi connectivity index (χ1n) is 4.72. The molecule has 0 atom stereocenters. The Kier molecular flexibility index (Phi) is 1.84. The number of rotatable bonds is 0. The molecule has 0 aromatic carbocycles. The van der Waals surface area contributed by atoms with Crippen LogP contribution in [0.2, 0.25) is 0 Å². The summed E-state index contributed by atoms with van der Waals surface area (Å²) in [6.07, 6.45) is 4.37. The van der Waals surface area contributed by atoms with Crippen molar-refractivity contribution in [3.05, 3.63) is 23.5 Å². The van der Waals surface area contributed by atoms with E-state index in [1.807, 2.05) is 13.8 Å². The van der Waals surface area contributed by atoms with Crippen LogP contribution in [0.1, 0.15) is 39.1 Å². The predicted octanol–water partition coefficient (Wildman–Crippen LogP) is 2.92. The van der Waals surface area contributed by atoms with Gasteiger partial charge in [-0.05, 0) is 35.3 Å². The van der Waals surface area contributed by atoms with Crippen LogP contribution < -0.4 is 0 Å². The molecule has 2 rings (SSSR count). The summed E-state index contributed by atoms with van der Waals surface area (Å²) in [5.74, 6) is 0. The zero-order chi connectivity index (χ0) is 10.3. The molecule has 1 heterocycles. The van der Waals surface area contributed by atoms with E-state index in [2.05, 4.69) is 36.3 Å².